The van der Waals surface area contributed by atoms with Gasteiger partial charge in [-0.15, -0.1) is 0 Å². The number of hydrogen-bond acceptors (Lipinski definition) is 2. The van der Waals surface area contributed by atoms with E-state index in [2.05, 4.69) is 30.1 Å². The summed E-state index contributed by atoms with van der Waals surface area (Å²) < 4.78 is 0. The molecule has 0 spiro atoms. The van der Waals surface area contributed by atoms with Gasteiger partial charge in [0, 0.05) is 19.3 Å². The van der Waals surface area contributed by atoms with Gasteiger partial charge in [0.15, 0.2) is 0 Å². The highest BCUT2D eigenvalue weighted by Gasteiger charge is 1.98. The van der Waals surface area contributed by atoms with Gasteiger partial charge in [0.05, 0.1) is 6.54 Å². The fourth-order valence-corrected chi connectivity index (χ4v) is 0.858. The summed E-state index contributed by atoms with van der Waals surface area (Å²) in [5.41, 5.74) is 1.19. The Morgan fingerprint density at radius 3 is 2.64 bits per heavy atom. The molecule has 0 aromatic rings. The summed E-state index contributed by atoms with van der Waals surface area (Å²) in [4.78, 5) is 5.92. The van der Waals surface area contributed by atoms with Crippen molar-refractivity contribution in [3.05, 3.63) is 12.3 Å². The van der Waals surface area contributed by atoms with Crippen LogP contribution < -0.4 is 0 Å². The number of allylic oxidation sites excluding steroid dienone is 1. The summed E-state index contributed by atoms with van der Waals surface area (Å²) >= 11 is 0. The van der Waals surface area contributed by atoms with Gasteiger partial charge >= 0.3 is 0 Å². The van der Waals surface area contributed by atoms with E-state index < -0.39 is 0 Å². The summed E-state index contributed by atoms with van der Waals surface area (Å²) in [6.45, 7) is 11.3. The Balaban J connectivity index is 3.54. The second kappa shape index (κ2) is 5.96. The van der Waals surface area contributed by atoms with E-state index in [0.29, 0.717) is 0 Å². The van der Waals surface area contributed by atoms with Crippen LogP contribution in [0.1, 0.15) is 19.8 Å². The van der Waals surface area contributed by atoms with E-state index in [-0.39, 0.29) is 0 Å². The van der Waals surface area contributed by atoms with Gasteiger partial charge in [-0.2, -0.15) is 0 Å². The fourth-order valence-electron chi connectivity index (χ4n) is 0.858. The lowest BCUT2D eigenvalue weighted by Gasteiger charge is -2.19. The third-order valence-electron chi connectivity index (χ3n) is 1.67. The van der Waals surface area contributed by atoms with E-state index in [4.69, 9.17) is 0 Å². The maximum Gasteiger partial charge on any atom is 0.0557 e. The van der Waals surface area contributed by atoms with Crippen LogP contribution in [0.3, 0.4) is 0 Å². The average Bonchev–Trinajstić information content (AvgIpc) is 2.00. The van der Waals surface area contributed by atoms with Crippen LogP contribution >= 0.6 is 0 Å². The van der Waals surface area contributed by atoms with E-state index in [1.165, 1.54) is 5.70 Å². The van der Waals surface area contributed by atoms with E-state index in [0.717, 1.165) is 25.9 Å². The SMILES string of the molecule is C=NCCN(C)C(=C)CCC. The molecule has 2 heteroatoms. The molecule has 0 unspecified atom stereocenters. The van der Waals surface area contributed by atoms with Crippen molar-refractivity contribution in [3.63, 3.8) is 0 Å². The smallest absolute Gasteiger partial charge is 0.0557 e. The quantitative estimate of drug-likeness (QED) is 0.534. The molecule has 0 aliphatic rings. The largest absolute Gasteiger partial charge is 0.377 e. The van der Waals surface area contributed by atoms with Crippen LogP contribution in [0.4, 0.5) is 0 Å². The Morgan fingerprint density at radius 1 is 1.55 bits per heavy atom. The minimum atomic E-state index is 0.791. The molecule has 2 nitrogen and oxygen atoms in total. The number of aliphatic imine (C=N–C) groups is 1. The Hall–Kier alpha value is -0.790. The van der Waals surface area contributed by atoms with Crippen LogP contribution in [0, 0.1) is 0 Å². The van der Waals surface area contributed by atoms with Gasteiger partial charge in [-0.05, 0) is 13.1 Å². The molecule has 0 aliphatic carbocycles. The first-order chi connectivity index (χ1) is 5.22. The van der Waals surface area contributed by atoms with Crippen LogP contribution in [0.25, 0.3) is 0 Å². The van der Waals surface area contributed by atoms with E-state index in [1.807, 2.05) is 7.05 Å². The normalized spacial score (nSPS) is 9.27. The molecular formula is C9H18N2. The standard InChI is InChI=1S/C9H18N2/c1-5-6-9(2)11(4)8-7-10-3/h2-3,5-8H2,1,4H3. The summed E-state index contributed by atoms with van der Waals surface area (Å²) in [5.74, 6) is 0. The highest BCUT2D eigenvalue weighted by atomic mass is 15.1. The van der Waals surface area contributed by atoms with Crippen molar-refractivity contribution in [2.24, 2.45) is 4.99 Å². The molecule has 0 atom stereocenters. The first-order valence-corrected chi connectivity index (χ1v) is 4.03. The maximum atomic E-state index is 3.96. The van der Waals surface area contributed by atoms with Crippen molar-refractivity contribution in [1.29, 1.82) is 0 Å². The van der Waals surface area contributed by atoms with Crippen LogP contribution in [0.15, 0.2) is 17.3 Å². The molecule has 11 heavy (non-hydrogen) atoms. The molecule has 0 aromatic heterocycles. The molecule has 0 saturated heterocycles. The lowest BCUT2D eigenvalue weighted by molar-refractivity contribution is 0.412. The Kier molecular flexibility index (Phi) is 5.53. The van der Waals surface area contributed by atoms with Crippen LogP contribution in [-0.2, 0) is 0 Å². The topological polar surface area (TPSA) is 15.6 Å². The summed E-state index contributed by atoms with van der Waals surface area (Å²) in [6, 6.07) is 0. The molecule has 0 saturated carbocycles. The predicted octanol–water partition coefficient (Wildman–Crippen LogP) is 1.93. The summed E-state index contributed by atoms with van der Waals surface area (Å²) in [6.07, 6.45) is 2.23. The van der Waals surface area contributed by atoms with Crippen LogP contribution in [-0.4, -0.2) is 31.8 Å². The van der Waals surface area contributed by atoms with Crippen LogP contribution in [0.2, 0.25) is 0 Å². The highest BCUT2D eigenvalue weighted by molar-refractivity contribution is 5.23. The summed E-state index contributed by atoms with van der Waals surface area (Å²) in [7, 11) is 2.04. The van der Waals surface area contributed by atoms with Crippen LogP contribution in [0.5, 0.6) is 0 Å². The zero-order chi connectivity index (χ0) is 8.69. The molecular weight excluding hydrogens is 136 g/mol. The monoisotopic (exact) mass is 154 g/mol. The maximum absolute atomic E-state index is 3.96. The van der Waals surface area contributed by atoms with Gasteiger partial charge < -0.3 is 4.90 Å². The molecule has 0 N–H and O–H groups in total. The molecule has 64 valence electrons. The lowest BCUT2D eigenvalue weighted by Crippen LogP contribution is -2.20. The Labute approximate surface area is 69.6 Å². The number of rotatable bonds is 6. The van der Waals surface area contributed by atoms with E-state index in [1.54, 1.807) is 0 Å². The Morgan fingerprint density at radius 2 is 2.18 bits per heavy atom. The molecule has 0 aliphatic heterocycles. The molecule has 0 bridgehead atoms. The lowest BCUT2D eigenvalue weighted by atomic mass is 10.2. The highest BCUT2D eigenvalue weighted by Crippen LogP contribution is 2.05. The van der Waals surface area contributed by atoms with Crippen molar-refractivity contribution in [3.8, 4) is 0 Å². The summed E-state index contributed by atoms with van der Waals surface area (Å²) in [5, 5.41) is 0. The third-order valence-corrected chi connectivity index (χ3v) is 1.67. The number of nitrogens with zero attached hydrogens (tertiary/aromatic N) is 2. The zero-order valence-electron chi connectivity index (χ0n) is 7.64. The van der Waals surface area contributed by atoms with Gasteiger partial charge in [-0.25, -0.2) is 0 Å². The number of likely N-dealkylation sites (N-methyl/N-ethyl adjacent to an activating group) is 1. The predicted molar refractivity (Wildman–Crippen MR) is 51.1 cm³/mol. The molecule has 0 radical (unpaired) electrons. The third kappa shape index (κ3) is 4.59. The minimum absolute atomic E-state index is 0.791. The van der Waals surface area contributed by atoms with Gasteiger partial charge in [-0.1, -0.05) is 19.9 Å². The molecule has 0 heterocycles. The number of hydrogen-bond donors (Lipinski definition) is 0. The van der Waals surface area contributed by atoms with Gasteiger partial charge in [-0.3, -0.25) is 4.99 Å². The van der Waals surface area contributed by atoms with Crippen molar-refractivity contribution in [2.45, 2.75) is 19.8 Å². The Bertz CT molecular complexity index is 130. The van der Waals surface area contributed by atoms with Gasteiger partial charge in [0.2, 0.25) is 0 Å². The van der Waals surface area contributed by atoms with Gasteiger partial charge in [0.1, 0.15) is 0 Å². The van der Waals surface area contributed by atoms with Crippen molar-refractivity contribution >= 4 is 6.72 Å². The average molecular weight is 154 g/mol. The van der Waals surface area contributed by atoms with Gasteiger partial charge in [0.25, 0.3) is 0 Å². The minimum Gasteiger partial charge on any atom is -0.377 e. The first-order valence-electron chi connectivity index (χ1n) is 4.03. The van der Waals surface area contributed by atoms with Crippen molar-refractivity contribution in [1.82, 2.24) is 4.90 Å². The van der Waals surface area contributed by atoms with E-state index in [9.17, 15) is 0 Å². The molecule has 0 amide bonds. The van der Waals surface area contributed by atoms with E-state index >= 15 is 0 Å². The zero-order valence-corrected chi connectivity index (χ0v) is 7.64. The van der Waals surface area contributed by atoms with Crippen molar-refractivity contribution in [2.75, 3.05) is 20.1 Å². The molecule has 0 aromatic carbocycles. The van der Waals surface area contributed by atoms with Crippen molar-refractivity contribution < 1.29 is 0 Å². The second-order valence-electron chi connectivity index (χ2n) is 2.68. The second-order valence-corrected chi connectivity index (χ2v) is 2.68. The molecule has 0 rings (SSSR count). The fraction of sp³-hybridized carbons (Fsp3) is 0.667. The first kappa shape index (κ1) is 10.2. The molecule has 0 fully saturated rings.